The first kappa shape index (κ1) is 14.2. The molecular weight excluding hydrogens is 286 g/mol. The van der Waals surface area contributed by atoms with Gasteiger partial charge in [-0.25, -0.2) is 0 Å². The molecule has 0 fully saturated rings. The van der Waals surface area contributed by atoms with Crippen LogP contribution in [0.1, 0.15) is 15.9 Å². The van der Waals surface area contributed by atoms with Gasteiger partial charge in [0, 0.05) is 17.6 Å². The fourth-order valence-electron chi connectivity index (χ4n) is 1.53. The van der Waals surface area contributed by atoms with E-state index < -0.39 is 0 Å². The second-order valence-electron chi connectivity index (χ2n) is 3.72. The van der Waals surface area contributed by atoms with Gasteiger partial charge in [-0.2, -0.15) is 0 Å². The normalized spacial score (nSPS) is 10.4. The highest BCUT2D eigenvalue weighted by Crippen LogP contribution is 2.19. The summed E-state index contributed by atoms with van der Waals surface area (Å²) in [5.74, 6) is -0.191. The number of benzene rings is 1. The Kier molecular flexibility index (Phi) is 5.61. The number of rotatable bonds is 5. The molecule has 1 rings (SSSR count). The molecule has 0 heterocycles. The summed E-state index contributed by atoms with van der Waals surface area (Å²) >= 11 is 3.33. The molecule has 0 saturated heterocycles. The van der Waals surface area contributed by atoms with Crippen molar-refractivity contribution in [3.8, 4) is 0 Å². The monoisotopic (exact) mass is 301 g/mol. The largest absolute Gasteiger partial charge is 0.395 e. The van der Waals surface area contributed by atoms with E-state index in [0.29, 0.717) is 10.0 Å². The third-order valence-electron chi connectivity index (χ3n) is 2.38. The molecular formula is C12H16BrNO3. The van der Waals surface area contributed by atoms with Crippen LogP contribution >= 0.6 is 15.9 Å². The van der Waals surface area contributed by atoms with Crippen LogP contribution in [0.2, 0.25) is 0 Å². The lowest BCUT2D eigenvalue weighted by Crippen LogP contribution is -2.36. The molecule has 1 aromatic rings. The standard InChI is InChI=1S/C12H16BrNO3/c1-9-2-3-11(13)10(8-9)12(17)14(4-6-15)5-7-16/h2-3,8,15-16H,4-7H2,1H3. The molecule has 0 unspecified atom stereocenters. The Morgan fingerprint density at radius 3 is 2.41 bits per heavy atom. The molecule has 1 amide bonds. The molecule has 0 saturated carbocycles. The third-order valence-corrected chi connectivity index (χ3v) is 3.07. The first-order valence-electron chi connectivity index (χ1n) is 5.37. The highest BCUT2D eigenvalue weighted by atomic mass is 79.9. The first-order chi connectivity index (χ1) is 8.10. The summed E-state index contributed by atoms with van der Waals surface area (Å²) in [6, 6.07) is 5.51. The van der Waals surface area contributed by atoms with Gasteiger partial charge >= 0.3 is 0 Å². The summed E-state index contributed by atoms with van der Waals surface area (Å²) in [6.45, 7) is 2.12. The summed E-state index contributed by atoms with van der Waals surface area (Å²) < 4.78 is 0.717. The van der Waals surface area contributed by atoms with Crippen molar-refractivity contribution in [3.05, 3.63) is 33.8 Å². The average Bonchev–Trinajstić information content (AvgIpc) is 2.31. The number of aryl methyl sites for hydroxylation is 1. The van der Waals surface area contributed by atoms with E-state index in [0.717, 1.165) is 5.56 Å². The minimum absolute atomic E-state index is 0.116. The van der Waals surface area contributed by atoms with Crippen molar-refractivity contribution < 1.29 is 15.0 Å². The van der Waals surface area contributed by atoms with Gasteiger partial charge in [-0.3, -0.25) is 4.79 Å². The topological polar surface area (TPSA) is 60.8 Å². The van der Waals surface area contributed by atoms with Crippen LogP contribution in [0.4, 0.5) is 0 Å². The summed E-state index contributed by atoms with van der Waals surface area (Å²) in [6.07, 6.45) is 0. The molecule has 0 aromatic heterocycles. The van der Waals surface area contributed by atoms with Crippen molar-refractivity contribution >= 4 is 21.8 Å². The number of aliphatic hydroxyl groups excluding tert-OH is 2. The Hall–Kier alpha value is -0.910. The SMILES string of the molecule is Cc1ccc(Br)c(C(=O)N(CCO)CCO)c1. The van der Waals surface area contributed by atoms with Crippen LogP contribution in [-0.4, -0.2) is 47.3 Å². The lowest BCUT2D eigenvalue weighted by molar-refractivity contribution is 0.0684. The summed E-state index contributed by atoms with van der Waals surface area (Å²) in [5.41, 5.74) is 1.54. The molecule has 0 spiro atoms. The van der Waals surface area contributed by atoms with E-state index in [9.17, 15) is 4.79 Å². The number of hydrogen-bond donors (Lipinski definition) is 2. The van der Waals surface area contributed by atoms with E-state index in [4.69, 9.17) is 10.2 Å². The van der Waals surface area contributed by atoms with Gasteiger partial charge in [-0.1, -0.05) is 11.6 Å². The van der Waals surface area contributed by atoms with Crippen LogP contribution in [0.15, 0.2) is 22.7 Å². The van der Waals surface area contributed by atoms with Crippen molar-refractivity contribution in [3.63, 3.8) is 0 Å². The van der Waals surface area contributed by atoms with Gasteiger partial charge < -0.3 is 15.1 Å². The average molecular weight is 302 g/mol. The fraction of sp³-hybridized carbons (Fsp3) is 0.417. The Morgan fingerprint density at radius 1 is 1.29 bits per heavy atom. The zero-order valence-electron chi connectivity index (χ0n) is 9.69. The van der Waals surface area contributed by atoms with E-state index in [1.807, 2.05) is 19.1 Å². The Balaban J connectivity index is 2.95. The molecule has 2 N–H and O–H groups in total. The molecule has 94 valence electrons. The molecule has 0 aliphatic heterocycles. The number of amides is 1. The van der Waals surface area contributed by atoms with Crippen molar-refractivity contribution in [2.75, 3.05) is 26.3 Å². The molecule has 1 aromatic carbocycles. The zero-order valence-corrected chi connectivity index (χ0v) is 11.3. The van der Waals surface area contributed by atoms with Crippen LogP contribution in [-0.2, 0) is 0 Å². The molecule has 4 nitrogen and oxygen atoms in total. The minimum atomic E-state index is -0.191. The van der Waals surface area contributed by atoms with Gasteiger partial charge in [0.15, 0.2) is 0 Å². The van der Waals surface area contributed by atoms with Crippen LogP contribution in [0.25, 0.3) is 0 Å². The van der Waals surface area contributed by atoms with Gasteiger partial charge in [0.05, 0.1) is 18.8 Å². The van der Waals surface area contributed by atoms with E-state index in [-0.39, 0.29) is 32.2 Å². The number of carbonyl (C=O) groups is 1. The fourth-order valence-corrected chi connectivity index (χ4v) is 1.95. The highest BCUT2D eigenvalue weighted by molar-refractivity contribution is 9.10. The second-order valence-corrected chi connectivity index (χ2v) is 4.58. The van der Waals surface area contributed by atoms with Gasteiger partial charge in [0.1, 0.15) is 0 Å². The van der Waals surface area contributed by atoms with Gasteiger partial charge in [0.2, 0.25) is 0 Å². The quantitative estimate of drug-likeness (QED) is 0.859. The van der Waals surface area contributed by atoms with E-state index >= 15 is 0 Å². The summed E-state index contributed by atoms with van der Waals surface area (Å²) in [4.78, 5) is 13.6. The van der Waals surface area contributed by atoms with Crippen molar-refractivity contribution in [1.82, 2.24) is 4.90 Å². The second kappa shape index (κ2) is 6.74. The number of carbonyl (C=O) groups excluding carboxylic acids is 1. The molecule has 17 heavy (non-hydrogen) atoms. The van der Waals surface area contributed by atoms with E-state index in [1.165, 1.54) is 4.90 Å². The number of hydrogen-bond acceptors (Lipinski definition) is 3. The van der Waals surface area contributed by atoms with Crippen LogP contribution in [0, 0.1) is 6.92 Å². The lowest BCUT2D eigenvalue weighted by Gasteiger charge is -2.21. The number of aliphatic hydroxyl groups is 2. The van der Waals surface area contributed by atoms with Crippen molar-refractivity contribution in [1.29, 1.82) is 0 Å². The molecule has 0 aliphatic carbocycles. The Bertz CT molecular complexity index is 389. The van der Waals surface area contributed by atoms with E-state index in [1.54, 1.807) is 6.07 Å². The Morgan fingerprint density at radius 2 is 1.88 bits per heavy atom. The van der Waals surface area contributed by atoms with Gasteiger partial charge in [-0.05, 0) is 35.0 Å². The van der Waals surface area contributed by atoms with Crippen molar-refractivity contribution in [2.45, 2.75) is 6.92 Å². The predicted octanol–water partition coefficient (Wildman–Crippen LogP) is 1.18. The maximum atomic E-state index is 12.2. The number of halogens is 1. The number of nitrogens with zero attached hydrogens (tertiary/aromatic N) is 1. The predicted molar refractivity (Wildman–Crippen MR) is 69.0 cm³/mol. The molecule has 5 heteroatoms. The third kappa shape index (κ3) is 3.80. The van der Waals surface area contributed by atoms with Crippen LogP contribution in [0.5, 0.6) is 0 Å². The van der Waals surface area contributed by atoms with Crippen molar-refractivity contribution in [2.24, 2.45) is 0 Å². The summed E-state index contributed by atoms with van der Waals surface area (Å²) in [7, 11) is 0. The molecule has 0 aliphatic rings. The molecule has 0 radical (unpaired) electrons. The minimum Gasteiger partial charge on any atom is -0.395 e. The highest BCUT2D eigenvalue weighted by Gasteiger charge is 2.17. The first-order valence-corrected chi connectivity index (χ1v) is 6.16. The summed E-state index contributed by atoms with van der Waals surface area (Å²) in [5, 5.41) is 17.8. The van der Waals surface area contributed by atoms with Gasteiger partial charge in [0.25, 0.3) is 5.91 Å². The van der Waals surface area contributed by atoms with Gasteiger partial charge in [-0.15, -0.1) is 0 Å². The van der Waals surface area contributed by atoms with E-state index in [2.05, 4.69) is 15.9 Å². The Labute approximate surface area is 109 Å². The lowest BCUT2D eigenvalue weighted by atomic mass is 10.1. The zero-order chi connectivity index (χ0) is 12.8. The molecule has 0 bridgehead atoms. The molecule has 0 atom stereocenters. The maximum absolute atomic E-state index is 12.2. The van der Waals surface area contributed by atoms with Crippen LogP contribution < -0.4 is 0 Å². The maximum Gasteiger partial charge on any atom is 0.255 e. The smallest absolute Gasteiger partial charge is 0.255 e. The van der Waals surface area contributed by atoms with Crippen LogP contribution in [0.3, 0.4) is 0 Å².